The summed E-state index contributed by atoms with van der Waals surface area (Å²) in [6, 6.07) is 12.0. The fraction of sp³-hybridized carbons (Fsp3) is 0.450. The molecule has 2 aromatic rings. The lowest BCUT2D eigenvalue weighted by Crippen LogP contribution is -2.42. The van der Waals surface area contributed by atoms with Crippen molar-refractivity contribution in [1.82, 2.24) is 10.2 Å². The fourth-order valence-electron chi connectivity index (χ4n) is 9.25. The molecule has 8 heteroatoms. The third kappa shape index (κ3) is 5.12. The summed E-state index contributed by atoms with van der Waals surface area (Å²) >= 11 is 0. The van der Waals surface area contributed by atoms with Crippen molar-refractivity contribution in [3.05, 3.63) is 99.5 Å². The van der Waals surface area contributed by atoms with Crippen molar-refractivity contribution >= 4 is 17.1 Å². The lowest BCUT2D eigenvalue weighted by Gasteiger charge is -2.46. The van der Waals surface area contributed by atoms with E-state index in [0.717, 1.165) is 43.4 Å². The highest BCUT2D eigenvalue weighted by molar-refractivity contribution is 6.10. The van der Waals surface area contributed by atoms with Crippen LogP contribution in [0.5, 0.6) is 11.5 Å². The summed E-state index contributed by atoms with van der Waals surface area (Å²) in [7, 11) is 0. The maximum atomic E-state index is 12.5. The number of unbranched alkanes of at least 4 members (excludes halogenated alkanes) is 2. The van der Waals surface area contributed by atoms with Crippen LogP contribution in [0, 0.1) is 5.92 Å². The Kier molecular flexibility index (Phi) is 8.04. The number of rotatable bonds is 13. The Morgan fingerprint density at radius 1 is 1.25 bits per heavy atom. The number of nitrogens with two attached hydrogens (primary N) is 1. The van der Waals surface area contributed by atoms with Crippen LogP contribution in [0.4, 0.5) is 0 Å². The second-order valence-corrected chi connectivity index (χ2v) is 14.4. The van der Waals surface area contributed by atoms with Gasteiger partial charge < -0.3 is 30.9 Å². The first-order chi connectivity index (χ1) is 23.4. The van der Waals surface area contributed by atoms with Gasteiger partial charge in [-0.3, -0.25) is 9.79 Å². The molecule has 3 heterocycles. The monoisotopic (exact) mass is 646 g/mol. The summed E-state index contributed by atoms with van der Waals surface area (Å²) in [6.45, 7) is 3.05. The number of carbonyl (C=O) groups excluding carboxylic acids is 1. The average Bonchev–Trinajstić information content (AvgIpc) is 3.87. The number of hydrogen-bond acceptors (Lipinski definition) is 8. The zero-order chi connectivity index (χ0) is 33.0. The molecule has 8 rings (SSSR count). The SMILES string of the molecule is CCCCCC(O)CC(=O)CCc1ccc(O)c(OCN2C=C3C(C45CCCC4C4=C6C(=CC4)NC(N)c4cccc5c46)=CN=C3C2)c1. The molecule has 6 aliphatic rings. The average molecular weight is 647 g/mol. The van der Waals surface area contributed by atoms with Gasteiger partial charge in [0.15, 0.2) is 18.2 Å². The van der Waals surface area contributed by atoms with Gasteiger partial charge in [-0.1, -0.05) is 68.5 Å². The van der Waals surface area contributed by atoms with E-state index in [2.05, 4.69) is 53.8 Å². The lowest BCUT2D eigenvalue weighted by molar-refractivity contribution is -0.121. The number of aliphatic imine (C=N–C) groups is 1. The van der Waals surface area contributed by atoms with Crippen LogP contribution in [0.1, 0.15) is 99.6 Å². The van der Waals surface area contributed by atoms with Crippen molar-refractivity contribution in [2.24, 2.45) is 16.6 Å². The molecule has 4 atom stereocenters. The Morgan fingerprint density at radius 2 is 2.15 bits per heavy atom. The van der Waals surface area contributed by atoms with Gasteiger partial charge in [-0.05, 0) is 78.0 Å². The van der Waals surface area contributed by atoms with Gasteiger partial charge in [-0.15, -0.1) is 0 Å². The Labute approximate surface area is 282 Å². The molecule has 4 unspecified atom stereocenters. The first-order valence-electron chi connectivity index (χ1n) is 17.8. The van der Waals surface area contributed by atoms with E-state index in [-0.39, 0.29) is 36.3 Å². The quantitative estimate of drug-likeness (QED) is 0.185. The van der Waals surface area contributed by atoms with Gasteiger partial charge in [0.25, 0.3) is 0 Å². The number of benzene rings is 2. The van der Waals surface area contributed by atoms with Gasteiger partial charge in [0.2, 0.25) is 0 Å². The highest BCUT2D eigenvalue weighted by atomic mass is 16.5. The number of allylic oxidation sites excluding steroid dienone is 4. The Hall–Kier alpha value is -4.14. The van der Waals surface area contributed by atoms with E-state index in [1.807, 2.05) is 12.1 Å². The fourth-order valence-corrected chi connectivity index (χ4v) is 9.25. The number of phenolic OH excluding ortho intramolecular Hbond substituents is 1. The Morgan fingerprint density at radius 3 is 3.02 bits per heavy atom. The largest absolute Gasteiger partial charge is 0.504 e. The molecule has 0 bridgehead atoms. The maximum absolute atomic E-state index is 12.5. The first kappa shape index (κ1) is 31.1. The van der Waals surface area contributed by atoms with Gasteiger partial charge in [0.1, 0.15) is 11.9 Å². The number of ketones is 1. The summed E-state index contributed by atoms with van der Waals surface area (Å²) in [5.74, 6) is 0.970. The molecule has 48 heavy (non-hydrogen) atoms. The van der Waals surface area contributed by atoms with E-state index in [9.17, 15) is 15.0 Å². The molecule has 0 spiro atoms. The minimum Gasteiger partial charge on any atom is -0.504 e. The Balaban J connectivity index is 0.972. The van der Waals surface area contributed by atoms with Crippen molar-refractivity contribution in [3.8, 4) is 11.5 Å². The topological polar surface area (TPSA) is 120 Å². The summed E-state index contributed by atoms with van der Waals surface area (Å²) in [5, 5.41) is 24.4. The number of ether oxygens (including phenoxy) is 1. The predicted octanol–water partition coefficient (Wildman–Crippen LogP) is 6.45. The van der Waals surface area contributed by atoms with Crippen molar-refractivity contribution in [2.45, 2.75) is 95.2 Å². The van der Waals surface area contributed by atoms with Crippen molar-refractivity contribution < 1.29 is 19.7 Å². The number of aliphatic hydroxyl groups is 1. The standard InChI is InChI=1S/C40H46N4O4/c1-2-3-4-7-25(45)19-26(46)13-11-24-12-16-35(47)36(18-24)48-23-44-21-29-32(20-42-34(29)22-44)40-17-6-10-30(40)27-14-15-33-38(27)37-28(39(41)43-33)8-5-9-31(37)40/h5,8-9,12,15-16,18,20-21,25,30,39,43,45,47H,2-4,6-7,10-11,13-14,17,19,22-23,41H2,1H3. The minimum absolute atomic E-state index is 0.0593. The van der Waals surface area contributed by atoms with Crippen molar-refractivity contribution in [2.75, 3.05) is 13.3 Å². The third-order valence-corrected chi connectivity index (χ3v) is 11.5. The van der Waals surface area contributed by atoms with Gasteiger partial charge in [-0.2, -0.15) is 0 Å². The van der Waals surface area contributed by atoms with Gasteiger partial charge in [0.05, 0.1) is 18.4 Å². The number of fused-ring (bicyclic) bond motifs is 4. The van der Waals surface area contributed by atoms with Crippen molar-refractivity contribution in [3.63, 3.8) is 0 Å². The summed E-state index contributed by atoms with van der Waals surface area (Å²) in [5.41, 5.74) is 19.1. The molecule has 0 amide bonds. The van der Waals surface area contributed by atoms with Crippen LogP contribution in [-0.2, 0) is 16.6 Å². The minimum atomic E-state index is -0.565. The molecule has 3 aliphatic carbocycles. The highest BCUT2D eigenvalue weighted by Crippen LogP contribution is 2.64. The number of hydrogen-bond donors (Lipinski definition) is 4. The van der Waals surface area contributed by atoms with E-state index < -0.39 is 6.10 Å². The normalized spacial score (nSPS) is 25.1. The lowest BCUT2D eigenvalue weighted by atomic mass is 9.57. The van der Waals surface area contributed by atoms with Crippen LogP contribution in [0.15, 0.2) is 82.3 Å². The zero-order valence-electron chi connectivity index (χ0n) is 27.8. The van der Waals surface area contributed by atoms with Crippen LogP contribution in [0.3, 0.4) is 0 Å². The van der Waals surface area contributed by atoms with Crippen LogP contribution in [0.25, 0.3) is 5.57 Å². The first-order valence-corrected chi connectivity index (χ1v) is 17.8. The van der Waals surface area contributed by atoms with Crippen LogP contribution in [-0.4, -0.2) is 46.0 Å². The molecule has 0 aromatic heterocycles. The molecule has 3 aliphatic heterocycles. The molecular formula is C40H46N4O4. The van der Waals surface area contributed by atoms with E-state index in [1.165, 1.54) is 51.9 Å². The molecule has 250 valence electrons. The number of phenols is 1. The summed E-state index contributed by atoms with van der Waals surface area (Å²) in [4.78, 5) is 19.6. The molecule has 1 fully saturated rings. The smallest absolute Gasteiger partial charge is 0.163 e. The molecule has 0 saturated heterocycles. The second-order valence-electron chi connectivity index (χ2n) is 14.4. The molecule has 2 aromatic carbocycles. The highest BCUT2D eigenvalue weighted by Gasteiger charge is 2.56. The number of aliphatic hydroxyl groups excluding tert-OH is 1. The van der Waals surface area contributed by atoms with E-state index in [1.54, 1.807) is 11.6 Å². The van der Waals surface area contributed by atoms with E-state index >= 15 is 0 Å². The summed E-state index contributed by atoms with van der Waals surface area (Å²) in [6.07, 6.45) is 15.2. The van der Waals surface area contributed by atoms with Gasteiger partial charge in [0, 0.05) is 47.5 Å². The number of nitrogens with one attached hydrogen (secondary N) is 1. The van der Waals surface area contributed by atoms with E-state index in [4.69, 9.17) is 15.5 Å². The van der Waals surface area contributed by atoms with Crippen molar-refractivity contribution in [1.29, 1.82) is 0 Å². The molecule has 0 radical (unpaired) electrons. The maximum Gasteiger partial charge on any atom is 0.163 e. The Bertz CT molecular complexity index is 1820. The van der Waals surface area contributed by atoms with Crippen LogP contribution < -0.4 is 15.8 Å². The van der Waals surface area contributed by atoms with Gasteiger partial charge in [-0.25, -0.2) is 0 Å². The molecule has 5 N–H and O–H groups in total. The number of Topliss-reactive ketones (excluding diaryl/α,β-unsaturated/α-hetero) is 1. The number of aryl methyl sites for hydroxylation is 1. The number of carbonyl (C=O) groups is 1. The number of aromatic hydroxyl groups is 1. The predicted molar refractivity (Wildman–Crippen MR) is 187 cm³/mol. The zero-order valence-corrected chi connectivity index (χ0v) is 27.8. The van der Waals surface area contributed by atoms with Crippen LogP contribution >= 0.6 is 0 Å². The third-order valence-electron chi connectivity index (χ3n) is 11.5. The van der Waals surface area contributed by atoms with Crippen LogP contribution in [0.2, 0.25) is 0 Å². The molecule has 8 nitrogen and oxygen atoms in total. The second kappa shape index (κ2) is 12.4. The summed E-state index contributed by atoms with van der Waals surface area (Å²) < 4.78 is 6.18. The molecule has 1 saturated carbocycles. The molecular weight excluding hydrogens is 600 g/mol. The number of nitrogens with zero attached hydrogens (tertiary/aromatic N) is 2. The van der Waals surface area contributed by atoms with Gasteiger partial charge >= 0.3 is 0 Å². The van der Waals surface area contributed by atoms with E-state index in [0.29, 0.717) is 37.5 Å².